The van der Waals surface area contributed by atoms with Crippen molar-refractivity contribution in [1.82, 2.24) is 9.47 Å². The highest BCUT2D eigenvalue weighted by Gasteiger charge is 2.57. The molecule has 1 aliphatic rings. The van der Waals surface area contributed by atoms with E-state index in [0.29, 0.717) is 24.2 Å². The zero-order chi connectivity index (χ0) is 32.4. The maximum Gasteiger partial charge on any atom is 0.422 e. The van der Waals surface area contributed by atoms with Gasteiger partial charge in [-0.15, -0.1) is 0 Å². The minimum Gasteiger partial charge on any atom is -0.493 e. The van der Waals surface area contributed by atoms with Crippen LogP contribution < -0.4 is 9.47 Å². The third-order valence-electron chi connectivity index (χ3n) is 8.08. The largest absolute Gasteiger partial charge is 0.493 e. The number of carboxylic acids is 1. The van der Waals surface area contributed by atoms with Crippen LogP contribution >= 0.6 is 0 Å². The smallest absolute Gasteiger partial charge is 0.422 e. The van der Waals surface area contributed by atoms with Crippen molar-refractivity contribution < 1.29 is 42.6 Å². The molecule has 0 bridgehead atoms. The van der Waals surface area contributed by atoms with Gasteiger partial charge < -0.3 is 24.3 Å². The van der Waals surface area contributed by atoms with E-state index < -0.39 is 35.3 Å². The molecule has 1 aliphatic heterocycles. The molecule has 2 N–H and O–H groups in total. The van der Waals surface area contributed by atoms with E-state index in [9.17, 15) is 38.3 Å². The molecule has 1 unspecified atom stereocenters. The second kappa shape index (κ2) is 12.8. The van der Waals surface area contributed by atoms with Crippen LogP contribution in [0.5, 0.6) is 11.5 Å². The molecule has 3 aromatic carbocycles. The molecular weight excluding hydrogens is 595 g/mol. The van der Waals surface area contributed by atoms with Gasteiger partial charge in [0.2, 0.25) is 5.60 Å². The molecular formula is C32H32F3N3O7. The Morgan fingerprint density at radius 3 is 2.40 bits per heavy atom. The summed E-state index contributed by atoms with van der Waals surface area (Å²) in [6.45, 7) is -0.285. The number of piperidine rings is 1. The van der Waals surface area contributed by atoms with E-state index >= 15 is 0 Å². The van der Waals surface area contributed by atoms with E-state index in [1.165, 1.54) is 34.9 Å². The number of aromatic nitrogens is 1. The zero-order valence-electron chi connectivity index (χ0n) is 24.4. The summed E-state index contributed by atoms with van der Waals surface area (Å²) in [7, 11) is 1.43. The lowest BCUT2D eigenvalue weighted by molar-refractivity contribution is -0.384. The Hall–Kier alpha value is -4.62. The number of carboxylic acid groups (broad SMARTS) is 1. The van der Waals surface area contributed by atoms with Crippen molar-refractivity contribution in [3.63, 3.8) is 0 Å². The molecule has 0 saturated carbocycles. The van der Waals surface area contributed by atoms with Crippen molar-refractivity contribution >= 4 is 22.6 Å². The van der Waals surface area contributed by atoms with Crippen molar-refractivity contribution in [2.24, 2.45) is 0 Å². The molecule has 45 heavy (non-hydrogen) atoms. The van der Waals surface area contributed by atoms with Crippen molar-refractivity contribution in [3.05, 3.63) is 99.7 Å². The number of halogens is 3. The molecule has 13 heteroatoms. The number of hydrogen-bond donors (Lipinski definition) is 2. The summed E-state index contributed by atoms with van der Waals surface area (Å²) in [5.41, 5.74) is -2.56. The molecule has 1 aromatic heterocycles. The Balaban J connectivity index is 1.41. The van der Waals surface area contributed by atoms with E-state index in [0.717, 1.165) is 11.6 Å². The molecule has 0 spiro atoms. The molecule has 10 nitrogen and oxygen atoms in total. The fraction of sp³-hybridized carbons (Fsp3) is 0.344. The van der Waals surface area contributed by atoms with E-state index in [-0.39, 0.29) is 54.0 Å². The minimum absolute atomic E-state index is 0.0664. The summed E-state index contributed by atoms with van der Waals surface area (Å²) >= 11 is 0. The summed E-state index contributed by atoms with van der Waals surface area (Å²) < 4.78 is 57.5. The second-order valence-electron chi connectivity index (χ2n) is 11.1. The first kappa shape index (κ1) is 31.8. The van der Waals surface area contributed by atoms with E-state index in [1.807, 2.05) is 0 Å². The van der Waals surface area contributed by atoms with Gasteiger partial charge in [-0.3, -0.25) is 19.8 Å². The number of methoxy groups -OCH3 is 1. The Morgan fingerprint density at radius 1 is 1.07 bits per heavy atom. The van der Waals surface area contributed by atoms with Crippen LogP contribution in [0.15, 0.2) is 72.9 Å². The lowest BCUT2D eigenvalue weighted by atomic mass is 9.91. The molecule has 2 heterocycles. The second-order valence-corrected chi connectivity index (χ2v) is 11.1. The number of non-ortho nitro benzene ring substituents is 1. The van der Waals surface area contributed by atoms with Crippen molar-refractivity contribution in [1.29, 1.82) is 0 Å². The summed E-state index contributed by atoms with van der Waals surface area (Å²) in [6, 6.07) is 17.5. The number of para-hydroxylation sites is 1. The Morgan fingerprint density at radius 2 is 1.78 bits per heavy atom. The number of ether oxygens (including phenoxy) is 2. The number of rotatable bonds is 11. The number of aliphatic carboxylic acids is 1. The highest BCUT2D eigenvalue weighted by Crippen LogP contribution is 2.44. The monoisotopic (exact) mass is 627 g/mol. The molecule has 1 atom stereocenters. The first-order valence-corrected chi connectivity index (χ1v) is 14.3. The van der Waals surface area contributed by atoms with Crippen LogP contribution in [0.1, 0.15) is 29.5 Å². The third kappa shape index (κ3) is 6.74. The first-order valence-electron chi connectivity index (χ1n) is 14.3. The van der Waals surface area contributed by atoms with Gasteiger partial charge in [-0.1, -0.05) is 42.5 Å². The number of fused-ring (bicyclic) bond motifs is 1. The molecule has 0 amide bonds. The van der Waals surface area contributed by atoms with Crippen LogP contribution in [0, 0.1) is 10.1 Å². The number of carbonyl (C=O) groups is 1. The van der Waals surface area contributed by atoms with Gasteiger partial charge in [0.15, 0.2) is 11.5 Å². The highest BCUT2D eigenvalue weighted by molar-refractivity contribution is 5.87. The Bertz CT molecular complexity index is 1680. The lowest BCUT2D eigenvalue weighted by Gasteiger charge is -2.39. The first-order chi connectivity index (χ1) is 21.4. The van der Waals surface area contributed by atoms with Crippen molar-refractivity contribution in [2.45, 2.75) is 43.7 Å². The molecule has 0 aliphatic carbocycles. The van der Waals surface area contributed by atoms with Crippen molar-refractivity contribution in [2.75, 3.05) is 26.7 Å². The fourth-order valence-electron chi connectivity index (χ4n) is 5.80. The van der Waals surface area contributed by atoms with Crippen LogP contribution in [-0.4, -0.2) is 69.6 Å². The van der Waals surface area contributed by atoms with Crippen LogP contribution in [0.25, 0.3) is 10.9 Å². The highest BCUT2D eigenvalue weighted by atomic mass is 19.4. The molecule has 1 saturated heterocycles. The molecule has 4 aromatic rings. The maximum absolute atomic E-state index is 14.8. The van der Waals surface area contributed by atoms with Gasteiger partial charge >= 0.3 is 12.1 Å². The molecule has 1 fully saturated rings. The summed E-state index contributed by atoms with van der Waals surface area (Å²) in [6.07, 6.45) is -3.91. The van der Waals surface area contributed by atoms with Crippen LogP contribution in [0.4, 0.5) is 18.9 Å². The number of nitrogens with zero attached hydrogens (tertiary/aromatic N) is 3. The number of hydrogen-bond acceptors (Lipinski definition) is 7. The quantitative estimate of drug-likeness (QED) is 0.164. The molecule has 5 rings (SSSR count). The van der Waals surface area contributed by atoms with Crippen LogP contribution in [0.2, 0.25) is 0 Å². The number of benzene rings is 3. The third-order valence-corrected chi connectivity index (χ3v) is 8.08. The summed E-state index contributed by atoms with van der Waals surface area (Å²) in [5.74, 6) is -0.406. The zero-order valence-corrected chi connectivity index (χ0v) is 24.4. The number of aliphatic hydroxyl groups is 1. The standard InChI is InChI=1S/C32H32F3N3O7/c1-44-28-9-5-8-22(16-29(39)40)30(28)45-24-12-14-36(15-13-24)20-31(41,32(33,34)35)26-19-37(18-21-6-3-2-4-7-21)27-17-23(38(42)43)10-11-25(26)27/h2-11,17,19,24,41H,12-16,18,20H2,1H3,(H,39,40). The van der Waals surface area contributed by atoms with Gasteiger partial charge in [-0.25, -0.2) is 0 Å². The normalized spacial score (nSPS) is 15.9. The molecule has 0 radical (unpaired) electrons. The summed E-state index contributed by atoms with van der Waals surface area (Å²) in [5, 5.41) is 32.4. The van der Waals surface area contributed by atoms with E-state index in [1.54, 1.807) is 48.5 Å². The minimum atomic E-state index is -5.07. The van der Waals surface area contributed by atoms with Crippen LogP contribution in [-0.2, 0) is 23.4 Å². The van der Waals surface area contributed by atoms with E-state index in [4.69, 9.17) is 9.47 Å². The number of nitro benzene ring substituents is 1. The number of likely N-dealkylation sites (tertiary alicyclic amines) is 1. The van der Waals surface area contributed by atoms with Crippen molar-refractivity contribution in [3.8, 4) is 11.5 Å². The number of β-amino-alcohol motifs (C(OH)–C–C–N with tert-alkyl or cyclic N) is 1. The van der Waals surface area contributed by atoms with Gasteiger partial charge in [-0.05, 0) is 30.5 Å². The lowest BCUT2D eigenvalue weighted by Crippen LogP contribution is -2.53. The number of nitro groups is 1. The SMILES string of the molecule is COc1cccc(CC(=O)O)c1OC1CCN(CC(O)(c2cn(Cc3ccccc3)c3cc([N+](=O)[O-])ccc23)C(F)(F)F)CC1. The van der Waals surface area contributed by atoms with Gasteiger partial charge in [0.1, 0.15) is 6.10 Å². The predicted octanol–water partition coefficient (Wildman–Crippen LogP) is 5.53. The predicted molar refractivity (Wildman–Crippen MR) is 159 cm³/mol. The van der Waals surface area contributed by atoms with Gasteiger partial charge in [0, 0.05) is 61.0 Å². The fourth-order valence-corrected chi connectivity index (χ4v) is 5.80. The average molecular weight is 628 g/mol. The van der Waals surface area contributed by atoms with Gasteiger partial charge in [0.25, 0.3) is 5.69 Å². The Kier molecular flexibility index (Phi) is 9.03. The van der Waals surface area contributed by atoms with Crippen LogP contribution in [0.3, 0.4) is 0 Å². The van der Waals surface area contributed by atoms with Gasteiger partial charge in [0.05, 0.1) is 24.0 Å². The Labute approximate surface area is 256 Å². The topological polar surface area (TPSA) is 127 Å². The number of alkyl halides is 3. The average Bonchev–Trinajstić information content (AvgIpc) is 3.36. The summed E-state index contributed by atoms with van der Waals surface area (Å²) in [4.78, 5) is 23.8. The maximum atomic E-state index is 14.8. The van der Waals surface area contributed by atoms with E-state index in [2.05, 4.69) is 0 Å². The van der Waals surface area contributed by atoms with Gasteiger partial charge in [-0.2, -0.15) is 13.2 Å². The molecule has 238 valence electrons.